The minimum absolute atomic E-state index is 0.319. The number of fused-ring (bicyclic) bond motifs is 1. The molecule has 1 aromatic heterocycles. The average molecular weight is 261 g/mol. The van der Waals surface area contributed by atoms with E-state index in [4.69, 9.17) is 5.73 Å². The number of aryl methyl sites for hydroxylation is 1. The number of rotatable bonds is 2. The van der Waals surface area contributed by atoms with Crippen LogP contribution in [0.3, 0.4) is 0 Å². The fourth-order valence-corrected chi connectivity index (χ4v) is 2.99. The van der Waals surface area contributed by atoms with Gasteiger partial charge in [0.25, 0.3) is 0 Å². The number of aromatic nitrogens is 1. The number of piperazine rings is 1. The summed E-state index contributed by atoms with van der Waals surface area (Å²) in [5.41, 5.74) is 12.0. The molecular formula is C14H23N5. The summed E-state index contributed by atoms with van der Waals surface area (Å²) in [7, 11) is 1.98. The van der Waals surface area contributed by atoms with Gasteiger partial charge in [-0.05, 0) is 43.5 Å². The Morgan fingerprint density at radius 2 is 2.05 bits per heavy atom. The molecule has 2 heterocycles. The number of anilines is 1. The lowest BCUT2D eigenvalue weighted by atomic mass is 9.90. The molecule has 1 saturated heterocycles. The summed E-state index contributed by atoms with van der Waals surface area (Å²) in [5.74, 6) is 1.13. The third-order valence-corrected chi connectivity index (χ3v) is 4.25. The number of nitrogens with one attached hydrogen (secondary N) is 1. The Hall–Kier alpha value is -1.17. The van der Waals surface area contributed by atoms with E-state index in [2.05, 4.69) is 26.4 Å². The van der Waals surface area contributed by atoms with Crippen LogP contribution in [-0.4, -0.2) is 49.3 Å². The molecular weight excluding hydrogens is 238 g/mol. The van der Waals surface area contributed by atoms with E-state index in [9.17, 15) is 0 Å². The van der Waals surface area contributed by atoms with Gasteiger partial charge < -0.3 is 10.6 Å². The maximum atomic E-state index is 6.01. The van der Waals surface area contributed by atoms with Crippen LogP contribution < -0.4 is 16.1 Å². The Morgan fingerprint density at radius 3 is 2.79 bits per heavy atom. The lowest BCUT2D eigenvalue weighted by molar-refractivity contribution is 0.195. The molecule has 5 heteroatoms. The molecule has 1 aromatic rings. The van der Waals surface area contributed by atoms with E-state index in [0.717, 1.165) is 51.3 Å². The van der Waals surface area contributed by atoms with Crippen LogP contribution in [0.4, 0.5) is 5.82 Å². The van der Waals surface area contributed by atoms with Gasteiger partial charge in [-0.2, -0.15) is 0 Å². The van der Waals surface area contributed by atoms with E-state index in [0.29, 0.717) is 6.04 Å². The summed E-state index contributed by atoms with van der Waals surface area (Å²) < 4.78 is 0. The molecule has 1 aliphatic heterocycles. The van der Waals surface area contributed by atoms with Crippen molar-refractivity contribution >= 4 is 5.82 Å². The molecule has 104 valence electrons. The van der Waals surface area contributed by atoms with Gasteiger partial charge >= 0.3 is 0 Å². The molecule has 2 aliphatic rings. The van der Waals surface area contributed by atoms with Crippen molar-refractivity contribution in [3.63, 3.8) is 0 Å². The maximum Gasteiger partial charge on any atom is 0.128 e. The number of hydrogen-bond donors (Lipinski definition) is 2. The highest BCUT2D eigenvalue weighted by atomic mass is 15.5. The molecule has 0 radical (unpaired) electrons. The molecule has 1 atom stereocenters. The van der Waals surface area contributed by atoms with E-state index in [-0.39, 0.29) is 0 Å². The van der Waals surface area contributed by atoms with Crippen LogP contribution in [0.15, 0.2) is 12.3 Å². The number of nitrogens with zero attached hydrogens (tertiary/aromatic N) is 3. The third kappa shape index (κ3) is 2.73. The molecule has 0 aromatic carbocycles. The maximum absolute atomic E-state index is 6.01. The second kappa shape index (κ2) is 5.45. The quantitative estimate of drug-likeness (QED) is 0.794. The molecule has 1 fully saturated rings. The zero-order chi connectivity index (χ0) is 13.2. The van der Waals surface area contributed by atoms with Crippen LogP contribution in [-0.2, 0) is 12.8 Å². The van der Waals surface area contributed by atoms with Gasteiger partial charge in [0.05, 0.1) is 0 Å². The monoisotopic (exact) mass is 261 g/mol. The van der Waals surface area contributed by atoms with Crippen molar-refractivity contribution in [1.82, 2.24) is 15.4 Å². The van der Waals surface area contributed by atoms with Gasteiger partial charge in [-0.25, -0.2) is 9.99 Å². The molecule has 1 unspecified atom stereocenters. The van der Waals surface area contributed by atoms with Gasteiger partial charge in [0, 0.05) is 38.4 Å². The van der Waals surface area contributed by atoms with Crippen LogP contribution in [0, 0.1) is 0 Å². The Morgan fingerprint density at radius 1 is 1.26 bits per heavy atom. The first-order chi connectivity index (χ1) is 9.26. The standard InChI is InChI=1S/C14H23N5/c1-16-19-6-4-18(5-7-19)14-9-11-2-3-13(15)8-12(11)10-17-14/h9-10,13,16H,2-8,15H2,1H3. The number of hydrogen-bond acceptors (Lipinski definition) is 5. The summed E-state index contributed by atoms with van der Waals surface area (Å²) in [6, 6.07) is 2.59. The summed E-state index contributed by atoms with van der Waals surface area (Å²) >= 11 is 0. The van der Waals surface area contributed by atoms with Crippen molar-refractivity contribution in [3.05, 3.63) is 23.4 Å². The van der Waals surface area contributed by atoms with Crippen molar-refractivity contribution in [2.45, 2.75) is 25.3 Å². The lowest BCUT2D eigenvalue weighted by Crippen LogP contribution is -2.51. The fourth-order valence-electron chi connectivity index (χ4n) is 2.99. The molecule has 3 rings (SSSR count). The molecule has 0 bridgehead atoms. The molecule has 5 nitrogen and oxygen atoms in total. The van der Waals surface area contributed by atoms with Gasteiger partial charge in [-0.15, -0.1) is 0 Å². The Bertz CT molecular complexity index is 439. The molecule has 1 aliphatic carbocycles. The Labute approximate surface area is 114 Å². The summed E-state index contributed by atoms with van der Waals surface area (Å²) in [6.07, 6.45) is 5.22. The zero-order valence-corrected chi connectivity index (χ0v) is 11.6. The fraction of sp³-hybridized carbons (Fsp3) is 0.643. The topological polar surface area (TPSA) is 57.4 Å². The summed E-state index contributed by atoms with van der Waals surface area (Å²) in [5, 5.41) is 2.24. The largest absolute Gasteiger partial charge is 0.354 e. The van der Waals surface area contributed by atoms with Crippen LogP contribution in [0.1, 0.15) is 17.5 Å². The van der Waals surface area contributed by atoms with E-state index >= 15 is 0 Å². The summed E-state index contributed by atoms with van der Waals surface area (Å²) in [4.78, 5) is 7.01. The second-order valence-corrected chi connectivity index (χ2v) is 5.51. The predicted octanol–water partition coefficient (Wildman–Crippen LogP) is 0.154. The number of hydrazine groups is 1. The highest BCUT2D eigenvalue weighted by Gasteiger charge is 2.20. The minimum atomic E-state index is 0.319. The van der Waals surface area contributed by atoms with Crippen LogP contribution >= 0.6 is 0 Å². The third-order valence-electron chi connectivity index (χ3n) is 4.25. The predicted molar refractivity (Wildman–Crippen MR) is 77.1 cm³/mol. The van der Waals surface area contributed by atoms with Crippen molar-refractivity contribution in [1.29, 1.82) is 0 Å². The van der Waals surface area contributed by atoms with Crippen molar-refractivity contribution in [3.8, 4) is 0 Å². The highest BCUT2D eigenvalue weighted by Crippen LogP contribution is 2.24. The lowest BCUT2D eigenvalue weighted by Gasteiger charge is -2.35. The number of nitrogens with two attached hydrogens (primary N) is 1. The molecule has 3 N–H and O–H groups in total. The molecule has 0 amide bonds. The van der Waals surface area contributed by atoms with Gasteiger partial charge in [-0.1, -0.05) is 0 Å². The van der Waals surface area contributed by atoms with E-state index in [1.54, 1.807) is 0 Å². The first-order valence-electron chi connectivity index (χ1n) is 7.17. The SMILES string of the molecule is CNN1CCN(c2cc3c(cn2)CC(N)CC3)CC1. The van der Waals surface area contributed by atoms with Crippen LogP contribution in [0.5, 0.6) is 0 Å². The second-order valence-electron chi connectivity index (χ2n) is 5.51. The van der Waals surface area contributed by atoms with Crippen LogP contribution in [0.25, 0.3) is 0 Å². The first kappa shape index (κ1) is 12.8. The Kier molecular flexibility index (Phi) is 3.68. The molecule has 19 heavy (non-hydrogen) atoms. The van der Waals surface area contributed by atoms with Crippen molar-refractivity contribution in [2.75, 3.05) is 38.1 Å². The average Bonchev–Trinajstić information content (AvgIpc) is 2.47. The van der Waals surface area contributed by atoms with Crippen molar-refractivity contribution in [2.24, 2.45) is 5.73 Å². The van der Waals surface area contributed by atoms with E-state index in [1.165, 1.54) is 11.1 Å². The van der Waals surface area contributed by atoms with Gasteiger partial charge in [-0.3, -0.25) is 5.43 Å². The highest BCUT2D eigenvalue weighted by molar-refractivity contribution is 5.45. The van der Waals surface area contributed by atoms with E-state index < -0.39 is 0 Å². The van der Waals surface area contributed by atoms with Crippen LogP contribution in [0.2, 0.25) is 0 Å². The van der Waals surface area contributed by atoms with Gasteiger partial charge in [0.1, 0.15) is 5.82 Å². The molecule has 0 spiro atoms. The Balaban J connectivity index is 1.72. The smallest absolute Gasteiger partial charge is 0.128 e. The minimum Gasteiger partial charge on any atom is -0.354 e. The zero-order valence-electron chi connectivity index (χ0n) is 11.6. The van der Waals surface area contributed by atoms with Gasteiger partial charge in [0.2, 0.25) is 0 Å². The number of pyridine rings is 1. The summed E-state index contributed by atoms with van der Waals surface area (Å²) in [6.45, 7) is 4.15. The normalized spacial score (nSPS) is 24.3. The van der Waals surface area contributed by atoms with E-state index in [1.807, 2.05) is 13.2 Å². The first-order valence-corrected chi connectivity index (χ1v) is 7.17. The molecule has 0 saturated carbocycles. The van der Waals surface area contributed by atoms with Gasteiger partial charge in [0.15, 0.2) is 0 Å². The van der Waals surface area contributed by atoms with Crippen molar-refractivity contribution < 1.29 is 0 Å².